The molecule has 1 fully saturated rings. The molecule has 5 heteroatoms. The number of aryl methyl sites for hydroxylation is 1. The van der Waals surface area contributed by atoms with Crippen LogP contribution < -0.4 is 0 Å². The standard InChI is InChI=1S/C16H25N3O2/c1-18(16(20)11-14-4-2-3-9-21-14)12-13-5-7-19-8-6-17-15(19)10-13/h6,8,13-14H,2-5,7,9-12H2,1H3/t13-,14-/m0/s1. The molecule has 2 aliphatic heterocycles. The molecule has 3 rings (SSSR count). The van der Waals surface area contributed by atoms with Crippen molar-refractivity contribution in [3.8, 4) is 0 Å². The number of fused-ring (bicyclic) bond motifs is 1. The zero-order valence-corrected chi connectivity index (χ0v) is 12.8. The summed E-state index contributed by atoms with van der Waals surface area (Å²) in [6.45, 7) is 2.67. The minimum absolute atomic E-state index is 0.138. The summed E-state index contributed by atoms with van der Waals surface area (Å²) in [5.41, 5.74) is 0. The second-order valence-electron chi connectivity index (χ2n) is 6.36. The van der Waals surface area contributed by atoms with Crippen LogP contribution in [0, 0.1) is 5.92 Å². The molecule has 1 amide bonds. The summed E-state index contributed by atoms with van der Waals surface area (Å²) in [7, 11) is 1.92. The lowest BCUT2D eigenvalue weighted by Gasteiger charge is -2.29. The van der Waals surface area contributed by atoms with Crippen LogP contribution in [-0.2, 0) is 22.5 Å². The first-order valence-corrected chi connectivity index (χ1v) is 8.08. The van der Waals surface area contributed by atoms with Gasteiger partial charge >= 0.3 is 0 Å². The van der Waals surface area contributed by atoms with Crippen molar-refractivity contribution < 1.29 is 9.53 Å². The highest BCUT2D eigenvalue weighted by molar-refractivity contribution is 5.76. The van der Waals surface area contributed by atoms with Gasteiger partial charge in [-0.1, -0.05) is 0 Å². The molecular formula is C16H25N3O2. The van der Waals surface area contributed by atoms with E-state index in [0.29, 0.717) is 12.3 Å². The minimum Gasteiger partial charge on any atom is -0.378 e. The number of rotatable bonds is 4. The highest BCUT2D eigenvalue weighted by Gasteiger charge is 2.24. The van der Waals surface area contributed by atoms with E-state index in [-0.39, 0.29) is 12.0 Å². The molecule has 21 heavy (non-hydrogen) atoms. The Hall–Kier alpha value is -1.36. The molecule has 1 aromatic heterocycles. The Bertz CT molecular complexity index is 480. The van der Waals surface area contributed by atoms with Crippen molar-refractivity contribution in [1.29, 1.82) is 0 Å². The second kappa shape index (κ2) is 6.60. The molecule has 0 bridgehead atoms. The molecule has 0 saturated carbocycles. The highest BCUT2D eigenvalue weighted by atomic mass is 16.5. The van der Waals surface area contributed by atoms with Crippen molar-refractivity contribution >= 4 is 5.91 Å². The van der Waals surface area contributed by atoms with Gasteiger partial charge in [0.15, 0.2) is 0 Å². The van der Waals surface area contributed by atoms with Gasteiger partial charge in [0, 0.05) is 45.6 Å². The molecule has 2 aliphatic rings. The minimum atomic E-state index is 0.138. The lowest BCUT2D eigenvalue weighted by Crippen LogP contribution is -2.37. The Morgan fingerprint density at radius 2 is 2.38 bits per heavy atom. The average molecular weight is 291 g/mol. The number of hydrogen-bond acceptors (Lipinski definition) is 3. The molecule has 0 unspecified atom stereocenters. The second-order valence-corrected chi connectivity index (χ2v) is 6.36. The molecule has 0 N–H and O–H groups in total. The molecule has 2 atom stereocenters. The number of carbonyl (C=O) groups excluding carboxylic acids is 1. The van der Waals surface area contributed by atoms with Crippen LogP contribution in [0.5, 0.6) is 0 Å². The SMILES string of the molecule is CN(C[C@H]1CCn2ccnc2C1)C(=O)C[C@@H]1CCCCO1. The van der Waals surface area contributed by atoms with E-state index in [0.717, 1.165) is 51.2 Å². The molecule has 5 nitrogen and oxygen atoms in total. The van der Waals surface area contributed by atoms with Crippen molar-refractivity contribution in [2.45, 2.75) is 51.2 Å². The predicted molar refractivity (Wildman–Crippen MR) is 79.9 cm³/mol. The number of amides is 1. The van der Waals surface area contributed by atoms with Gasteiger partial charge in [-0.3, -0.25) is 4.79 Å². The van der Waals surface area contributed by atoms with Crippen LogP contribution in [0.1, 0.15) is 37.9 Å². The zero-order chi connectivity index (χ0) is 14.7. The number of nitrogens with zero attached hydrogens (tertiary/aromatic N) is 3. The number of hydrogen-bond donors (Lipinski definition) is 0. The van der Waals surface area contributed by atoms with Crippen LogP contribution in [0.4, 0.5) is 0 Å². The number of aromatic nitrogens is 2. The topological polar surface area (TPSA) is 47.4 Å². The van der Waals surface area contributed by atoms with E-state index in [4.69, 9.17) is 4.74 Å². The van der Waals surface area contributed by atoms with Crippen LogP contribution in [0.25, 0.3) is 0 Å². The van der Waals surface area contributed by atoms with E-state index in [1.54, 1.807) is 0 Å². The average Bonchev–Trinajstić information content (AvgIpc) is 2.95. The first kappa shape index (κ1) is 14.6. The van der Waals surface area contributed by atoms with Crippen LogP contribution in [-0.4, -0.2) is 46.7 Å². The first-order chi connectivity index (χ1) is 10.2. The van der Waals surface area contributed by atoms with Crippen LogP contribution in [0.2, 0.25) is 0 Å². The maximum atomic E-state index is 12.3. The van der Waals surface area contributed by atoms with Gasteiger partial charge in [0.1, 0.15) is 5.82 Å². The molecule has 116 valence electrons. The Labute approximate surface area is 126 Å². The van der Waals surface area contributed by atoms with Crippen molar-refractivity contribution in [3.05, 3.63) is 18.2 Å². The third kappa shape index (κ3) is 3.64. The van der Waals surface area contributed by atoms with Gasteiger partial charge in [-0.15, -0.1) is 0 Å². The van der Waals surface area contributed by atoms with Gasteiger partial charge < -0.3 is 14.2 Å². The number of carbonyl (C=O) groups is 1. The van der Waals surface area contributed by atoms with Crippen molar-refractivity contribution in [2.75, 3.05) is 20.2 Å². The first-order valence-electron chi connectivity index (χ1n) is 8.08. The molecule has 0 spiro atoms. The Balaban J connectivity index is 1.47. The molecular weight excluding hydrogens is 266 g/mol. The van der Waals surface area contributed by atoms with Crippen molar-refractivity contribution in [3.63, 3.8) is 0 Å². The van der Waals surface area contributed by atoms with Gasteiger partial charge in [0.2, 0.25) is 5.91 Å². The van der Waals surface area contributed by atoms with Gasteiger partial charge in [-0.25, -0.2) is 4.98 Å². The van der Waals surface area contributed by atoms with E-state index in [2.05, 4.69) is 9.55 Å². The number of imidazole rings is 1. The van der Waals surface area contributed by atoms with Crippen LogP contribution >= 0.6 is 0 Å². The summed E-state index contributed by atoms with van der Waals surface area (Å²) in [5, 5.41) is 0. The molecule has 1 saturated heterocycles. The summed E-state index contributed by atoms with van der Waals surface area (Å²) < 4.78 is 7.88. The summed E-state index contributed by atoms with van der Waals surface area (Å²) >= 11 is 0. The molecule has 1 aromatic rings. The summed E-state index contributed by atoms with van der Waals surface area (Å²) in [5.74, 6) is 1.90. The Kier molecular flexibility index (Phi) is 4.58. The van der Waals surface area contributed by atoms with Crippen molar-refractivity contribution in [1.82, 2.24) is 14.5 Å². The smallest absolute Gasteiger partial charge is 0.224 e. The molecule has 0 aromatic carbocycles. The number of ether oxygens (including phenoxy) is 1. The third-order valence-electron chi connectivity index (χ3n) is 4.69. The molecule has 0 radical (unpaired) electrons. The van der Waals surface area contributed by atoms with Gasteiger partial charge in [0.05, 0.1) is 12.5 Å². The highest BCUT2D eigenvalue weighted by Crippen LogP contribution is 2.21. The Morgan fingerprint density at radius 3 is 3.19 bits per heavy atom. The van der Waals surface area contributed by atoms with E-state index < -0.39 is 0 Å². The van der Waals surface area contributed by atoms with E-state index in [9.17, 15) is 4.79 Å². The monoisotopic (exact) mass is 291 g/mol. The molecule has 0 aliphatic carbocycles. The van der Waals surface area contributed by atoms with Crippen molar-refractivity contribution in [2.24, 2.45) is 5.92 Å². The van der Waals surface area contributed by atoms with E-state index in [1.165, 1.54) is 6.42 Å². The van der Waals surface area contributed by atoms with Gasteiger partial charge in [-0.05, 0) is 31.6 Å². The maximum Gasteiger partial charge on any atom is 0.224 e. The summed E-state index contributed by atoms with van der Waals surface area (Å²) in [6, 6.07) is 0. The fourth-order valence-electron chi connectivity index (χ4n) is 3.38. The lowest BCUT2D eigenvalue weighted by atomic mass is 9.97. The predicted octanol–water partition coefficient (Wildman–Crippen LogP) is 1.86. The normalized spacial score (nSPS) is 25.4. The van der Waals surface area contributed by atoms with E-state index in [1.807, 2.05) is 24.3 Å². The fraction of sp³-hybridized carbons (Fsp3) is 0.750. The quantitative estimate of drug-likeness (QED) is 0.851. The van der Waals surface area contributed by atoms with E-state index >= 15 is 0 Å². The maximum absolute atomic E-state index is 12.3. The van der Waals surface area contributed by atoms with Crippen LogP contribution in [0.3, 0.4) is 0 Å². The largest absolute Gasteiger partial charge is 0.378 e. The van der Waals surface area contributed by atoms with Gasteiger partial charge in [0.25, 0.3) is 0 Å². The zero-order valence-electron chi connectivity index (χ0n) is 12.8. The van der Waals surface area contributed by atoms with Crippen LogP contribution in [0.15, 0.2) is 12.4 Å². The fourth-order valence-corrected chi connectivity index (χ4v) is 3.38. The summed E-state index contributed by atoms with van der Waals surface area (Å²) in [6.07, 6.45) is 10.0. The third-order valence-corrected chi connectivity index (χ3v) is 4.69. The van der Waals surface area contributed by atoms with Gasteiger partial charge in [-0.2, -0.15) is 0 Å². The molecule has 3 heterocycles. The Morgan fingerprint density at radius 1 is 1.48 bits per heavy atom. The summed E-state index contributed by atoms with van der Waals surface area (Å²) in [4.78, 5) is 18.6. The lowest BCUT2D eigenvalue weighted by molar-refractivity contribution is -0.134.